The molecule has 0 amide bonds. The van der Waals surface area contributed by atoms with Crippen LogP contribution in [-0.2, 0) is 0 Å². The number of nitrogens with one attached hydrogen (secondary N) is 2. The zero-order valence-corrected chi connectivity index (χ0v) is 23.8. The molecular formula is C27H54N4S2. The van der Waals surface area contributed by atoms with Gasteiger partial charge in [0.15, 0.2) is 10.2 Å². The molecule has 1 aliphatic heterocycles. The third-order valence-corrected chi connectivity index (χ3v) is 7.57. The Bertz CT molecular complexity index is 501. The highest BCUT2D eigenvalue weighted by Crippen LogP contribution is 2.12. The average molecular weight is 499 g/mol. The van der Waals surface area contributed by atoms with Crippen LogP contribution in [0.3, 0.4) is 0 Å². The van der Waals surface area contributed by atoms with Gasteiger partial charge in [-0.25, -0.2) is 0 Å². The van der Waals surface area contributed by atoms with Gasteiger partial charge in [-0.3, -0.25) is 0 Å². The number of thiocarbonyl (C=S) groups is 2. The summed E-state index contributed by atoms with van der Waals surface area (Å²) in [4.78, 5) is 4.67. The maximum atomic E-state index is 5.70. The molecule has 1 heterocycles. The Morgan fingerprint density at radius 1 is 0.636 bits per heavy atom. The van der Waals surface area contributed by atoms with Crippen molar-refractivity contribution in [2.45, 2.75) is 130 Å². The van der Waals surface area contributed by atoms with Gasteiger partial charge in [0.2, 0.25) is 0 Å². The molecule has 0 aliphatic carbocycles. The van der Waals surface area contributed by atoms with E-state index in [1.54, 1.807) is 0 Å². The molecule has 0 bridgehead atoms. The number of unbranched alkanes of at least 4 members (excludes halogenated alkanes) is 14. The van der Waals surface area contributed by atoms with Crippen molar-refractivity contribution < 1.29 is 0 Å². The van der Waals surface area contributed by atoms with Gasteiger partial charge in [-0.05, 0) is 44.2 Å². The summed E-state index contributed by atoms with van der Waals surface area (Å²) in [6, 6.07) is 0.389. The van der Waals surface area contributed by atoms with E-state index >= 15 is 0 Å². The van der Waals surface area contributed by atoms with Gasteiger partial charge in [0.25, 0.3) is 0 Å². The highest BCUT2D eigenvalue weighted by Gasteiger charge is 2.26. The summed E-state index contributed by atoms with van der Waals surface area (Å²) in [6.45, 7) is 11.7. The molecule has 0 aromatic heterocycles. The van der Waals surface area contributed by atoms with Crippen LogP contribution < -0.4 is 10.6 Å². The molecule has 0 unspecified atom stereocenters. The lowest BCUT2D eigenvalue weighted by Crippen LogP contribution is -2.59. The molecule has 2 N–H and O–H groups in total. The summed E-state index contributed by atoms with van der Waals surface area (Å²) < 4.78 is 0. The Hall–Kier alpha value is -0.620. The second-order valence-electron chi connectivity index (χ2n) is 9.90. The quantitative estimate of drug-likeness (QED) is 0.156. The van der Waals surface area contributed by atoms with E-state index < -0.39 is 0 Å². The summed E-state index contributed by atoms with van der Waals surface area (Å²) in [5.74, 6) is 0. The Kier molecular flexibility index (Phi) is 19.1. The van der Waals surface area contributed by atoms with Crippen LogP contribution in [0.15, 0.2) is 0 Å². The van der Waals surface area contributed by atoms with E-state index in [4.69, 9.17) is 24.4 Å². The van der Waals surface area contributed by atoms with Crippen molar-refractivity contribution in [2.75, 3.05) is 32.7 Å². The fourth-order valence-electron chi connectivity index (χ4n) is 4.57. The van der Waals surface area contributed by atoms with E-state index in [9.17, 15) is 0 Å². The molecule has 1 aliphatic rings. The Morgan fingerprint density at radius 2 is 1.06 bits per heavy atom. The molecule has 1 atom stereocenters. The molecule has 6 heteroatoms. The molecule has 0 aromatic carbocycles. The van der Waals surface area contributed by atoms with E-state index in [2.05, 4.69) is 41.2 Å². The van der Waals surface area contributed by atoms with Crippen LogP contribution in [0.25, 0.3) is 0 Å². The predicted octanol–water partition coefficient (Wildman–Crippen LogP) is 7.02. The molecule has 0 spiro atoms. The molecule has 1 fully saturated rings. The monoisotopic (exact) mass is 498 g/mol. The fraction of sp³-hybridized carbons (Fsp3) is 0.926. The Labute approximate surface area is 217 Å². The molecular weight excluding hydrogens is 444 g/mol. The van der Waals surface area contributed by atoms with Crippen molar-refractivity contribution in [1.82, 2.24) is 20.4 Å². The maximum Gasteiger partial charge on any atom is 0.169 e. The zero-order chi connectivity index (χ0) is 24.2. The lowest BCUT2D eigenvalue weighted by molar-refractivity contribution is 0.193. The van der Waals surface area contributed by atoms with Gasteiger partial charge in [-0.2, -0.15) is 0 Å². The normalized spacial score (nSPS) is 16.2. The molecule has 33 heavy (non-hydrogen) atoms. The second-order valence-corrected chi connectivity index (χ2v) is 10.7. The molecule has 0 aromatic rings. The minimum Gasteiger partial charge on any atom is -0.363 e. The van der Waals surface area contributed by atoms with Crippen molar-refractivity contribution in [3.63, 3.8) is 0 Å². The molecule has 1 saturated heterocycles. The summed E-state index contributed by atoms with van der Waals surface area (Å²) in [5, 5.41) is 8.82. The van der Waals surface area contributed by atoms with Gasteiger partial charge in [0.05, 0.1) is 0 Å². The van der Waals surface area contributed by atoms with Gasteiger partial charge in [-0.1, -0.05) is 104 Å². The van der Waals surface area contributed by atoms with Gasteiger partial charge in [0, 0.05) is 38.8 Å². The minimum atomic E-state index is 0.389. The standard InChI is InChI=1S/C27H54N4S2/c1-4-6-8-10-12-14-16-18-20-28-26(32)30-22-23-31(25(3)24-30)27(33)29-21-19-17-15-13-11-9-7-5-2/h25H,4-24H2,1-3H3,(H,28,32)(H,29,33)/t25-/m1/s1. The smallest absolute Gasteiger partial charge is 0.169 e. The first kappa shape index (κ1) is 30.4. The van der Waals surface area contributed by atoms with Gasteiger partial charge >= 0.3 is 0 Å². The van der Waals surface area contributed by atoms with E-state index in [-0.39, 0.29) is 0 Å². The van der Waals surface area contributed by atoms with Gasteiger partial charge in [0.1, 0.15) is 0 Å². The second kappa shape index (κ2) is 20.7. The highest BCUT2D eigenvalue weighted by atomic mass is 32.1. The van der Waals surface area contributed by atoms with Gasteiger partial charge < -0.3 is 20.4 Å². The first-order valence-electron chi connectivity index (χ1n) is 14.2. The van der Waals surface area contributed by atoms with Crippen LogP contribution in [0.1, 0.15) is 124 Å². The van der Waals surface area contributed by atoms with Gasteiger partial charge in [-0.15, -0.1) is 0 Å². The van der Waals surface area contributed by atoms with E-state index in [1.165, 1.54) is 103 Å². The summed E-state index contributed by atoms with van der Waals surface area (Å²) in [7, 11) is 0. The van der Waals surface area contributed by atoms with Crippen molar-refractivity contribution in [2.24, 2.45) is 0 Å². The van der Waals surface area contributed by atoms with E-state index in [0.29, 0.717) is 6.04 Å². The first-order chi connectivity index (χ1) is 16.1. The largest absolute Gasteiger partial charge is 0.363 e. The number of rotatable bonds is 18. The van der Waals surface area contributed by atoms with Crippen molar-refractivity contribution in [3.05, 3.63) is 0 Å². The highest BCUT2D eigenvalue weighted by molar-refractivity contribution is 7.80. The molecule has 4 nitrogen and oxygen atoms in total. The molecule has 194 valence electrons. The summed E-state index contributed by atoms with van der Waals surface area (Å²) in [6.07, 6.45) is 21.6. The van der Waals surface area contributed by atoms with E-state index in [0.717, 1.165) is 42.9 Å². The average Bonchev–Trinajstić information content (AvgIpc) is 2.81. The minimum absolute atomic E-state index is 0.389. The lowest BCUT2D eigenvalue weighted by atomic mass is 10.1. The molecule has 1 rings (SSSR count). The van der Waals surface area contributed by atoms with Crippen LogP contribution >= 0.6 is 24.4 Å². The number of piperazine rings is 1. The molecule has 0 saturated carbocycles. The fourth-order valence-corrected chi connectivity index (χ4v) is 5.21. The summed E-state index contributed by atoms with van der Waals surface area (Å²) >= 11 is 11.4. The van der Waals surface area contributed by atoms with Crippen LogP contribution in [0, 0.1) is 0 Å². The van der Waals surface area contributed by atoms with Crippen LogP contribution in [0.4, 0.5) is 0 Å². The third-order valence-electron chi connectivity index (χ3n) is 6.79. The number of hydrogen-bond acceptors (Lipinski definition) is 2. The number of hydrogen-bond donors (Lipinski definition) is 2. The van der Waals surface area contributed by atoms with Crippen molar-refractivity contribution in [3.8, 4) is 0 Å². The van der Waals surface area contributed by atoms with E-state index in [1.807, 2.05) is 0 Å². The summed E-state index contributed by atoms with van der Waals surface area (Å²) in [5.41, 5.74) is 0. The van der Waals surface area contributed by atoms with Crippen LogP contribution in [0.2, 0.25) is 0 Å². The SMILES string of the molecule is CCCCCCCCCCNC(=S)N1CCN(C(=S)NCCCCCCCCCC)[C@H](C)C1. The topological polar surface area (TPSA) is 30.5 Å². The van der Waals surface area contributed by atoms with Crippen LogP contribution in [-0.4, -0.2) is 58.8 Å². The first-order valence-corrected chi connectivity index (χ1v) is 15.0. The lowest BCUT2D eigenvalue weighted by Gasteiger charge is -2.42. The maximum absolute atomic E-state index is 5.70. The third kappa shape index (κ3) is 15.1. The number of nitrogens with zero attached hydrogens (tertiary/aromatic N) is 2. The zero-order valence-electron chi connectivity index (χ0n) is 22.1. The Balaban J connectivity index is 2.07. The predicted molar refractivity (Wildman–Crippen MR) is 154 cm³/mol. The molecule has 0 radical (unpaired) electrons. The van der Waals surface area contributed by atoms with Crippen molar-refractivity contribution in [1.29, 1.82) is 0 Å². The van der Waals surface area contributed by atoms with Crippen molar-refractivity contribution >= 4 is 34.7 Å². The Morgan fingerprint density at radius 3 is 1.52 bits per heavy atom. The van der Waals surface area contributed by atoms with Crippen LogP contribution in [0.5, 0.6) is 0 Å².